The van der Waals surface area contributed by atoms with E-state index in [4.69, 9.17) is 8.92 Å². The second-order valence-electron chi connectivity index (χ2n) is 6.48. The Labute approximate surface area is 152 Å². The van der Waals surface area contributed by atoms with Crippen LogP contribution in [-0.4, -0.2) is 28.1 Å². The Hall–Kier alpha value is -2.38. The molecule has 1 aliphatic carbocycles. The fraction of sp³-hybridized carbons (Fsp3) is 0.316. The summed E-state index contributed by atoms with van der Waals surface area (Å²) < 4.78 is 35.4. The van der Waals surface area contributed by atoms with E-state index in [0.717, 1.165) is 5.56 Å². The van der Waals surface area contributed by atoms with Crippen molar-refractivity contribution in [3.63, 3.8) is 0 Å². The van der Waals surface area contributed by atoms with E-state index < -0.39 is 21.5 Å². The molecule has 7 heteroatoms. The van der Waals surface area contributed by atoms with Crippen molar-refractivity contribution in [2.24, 2.45) is 0 Å². The van der Waals surface area contributed by atoms with Crippen LogP contribution in [0.5, 0.6) is 5.75 Å². The SMILES string of the molecule is COc1c(C(=O)[O-])cccc1C1(COS(=O)(=O)c2ccc(C)cc2)CC1. The van der Waals surface area contributed by atoms with E-state index in [9.17, 15) is 18.3 Å². The minimum Gasteiger partial charge on any atom is -0.545 e. The summed E-state index contributed by atoms with van der Waals surface area (Å²) in [5.74, 6) is -1.14. The molecule has 0 bridgehead atoms. The van der Waals surface area contributed by atoms with Crippen LogP contribution in [0.1, 0.15) is 34.3 Å². The van der Waals surface area contributed by atoms with Crippen molar-refractivity contribution in [3.8, 4) is 5.75 Å². The van der Waals surface area contributed by atoms with E-state index in [-0.39, 0.29) is 22.8 Å². The molecule has 0 aliphatic heterocycles. The molecule has 26 heavy (non-hydrogen) atoms. The first-order valence-electron chi connectivity index (χ1n) is 8.14. The van der Waals surface area contributed by atoms with E-state index in [1.54, 1.807) is 24.3 Å². The molecule has 138 valence electrons. The normalized spacial score (nSPS) is 15.5. The van der Waals surface area contributed by atoms with Crippen LogP contribution in [0.3, 0.4) is 0 Å². The molecule has 0 heterocycles. The van der Waals surface area contributed by atoms with E-state index in [1.807, 2.05) is 6.92 Å². The zero-order valence-electron chi connectivity index (χ0n) is 14.5. The lowest BCUT2D eigenvalue weighted by Crippen LogP contribution is -2.25. The van der Waals surface area contributed by atoms with Gasteiger partial charge in [0.1, 0.15) is 5.75 Å². The Morgan fingerprint density at radius 1 is 1.15 bits per heavy atom. The Morgan fingerprint density at radius 3 is 2.35 bits per heavy atom. The smallest absolute Gasteiger partial charge is 0.297 e. The fourth-order valence-corrected chi connectivity index (χ4v) is 3.93. The summed E-state index contributed by atoms with van der Waals surface area (Å²) in [5, 5.41) is 11.3. The molecule has 1 aliphatic rings. The number of carboxylic acid groups (broad SMARTS) is 1. The molecule has 2 aromatic carbocycles. The molecule has 0 N–H and O–H groups in total. The van der Waals surface area contributed by atoms with Crippen LogP contribution in [-0.2, 0) is 19.7 Å². The summed E-state index contributed by atoms with van der Waals surface area (Å²) in [6.45, 7) is 1.79. The lowest BCUT2D eigenvalue weighted by molar-refractivity contribution is -0.255. The van der Waals surface area contributed by atoms with Crippen molar-refractivity contribution in [3.05, 3.63) is 59.2 Å². The third kappa shape index (κ3) is 3.45. The first kappa shape index (κ1) is 18.4. The molecule has 1 fully saturated rings. The number of carbonyl (C=O) groups excluding carboxylic acids is 1. The molecule has 3 rings (SSSR count). The molecular weight excluding hydrogens is 356 g/mol. The van der Waals surface area contributed by atoms with Gasteiger partial charge in [0.2, 0.25) is 0 Å². The van der Waals surface area contributed by atoms with Crippen LogP contribution in [0.15, 0.2) is 47.4 Å². The van der Waals surface area contributed by atoms with Gasteiger partial charge < -0.3 is 14.6 Å². The molecule has 0 atom stereocenters. The lowest BCUT2D eigenvalue weighted by atomic mass is 9.94. The van der Waals surface area contributed by atoms with Gasteiger partial charge in [0.25, 0.3) is 10.1 Å². The highest BCUT2D eigenvalue weighted by Crippen LogP contribution is 2.52. The molecule has 1 saturated carbocycles. The highest BCUT2D eigenvalue weighted by molar-refractivity contribution is 7.86. The number of ether oxygens (including phenoxy) is 1. The fourth-order valence-electron chi connectivity index (χ4n) is 2.94. The van der Waals surface area contributed by atoms with Gasteiger partial charge in [-0.2, -0.15) is 8.42 Å². The highest BCUT2D eigenvalue weighted by Gasteiger charge is 2.48. The lowest BCUT2D eigenvalue weighted by Gasteiger charge is -2.21. The molecule has 0 amide bonds. The Bertz CT molecular complexity index is 927. The van der Waals surface area contributed by atoms with Gasteiger partial charge in [0, 0.05) is 16.5 Å². The van der Waals surface area contributed by atoms with Crippen molar-refractivity contribution in [1.82, 2.24) is 0 Å². The predicted octanol–water partition coefficient (Wildman–Crippen LogP) is 1.80. The van der Waals surface area contributed by atoms with Gasteiger partial charge in [-0.25, -0.2) is 0 Å². The first-order valence-corrected chi connectivity index (χ1v) is 9.55. The average molecular weight is 375 g/mol. The summed E-state index contributed by atoms with van der Waals surface area (Å²) in [4.78, 5) is 11.4. The van der Waals surface area contributed by atoms with Crippen LogP contribution in [0.25, 0.3) is 0 Å². The van der Waals surface area contributed by atoms with Gasteiger partial charge >= 0.3 is 0 Å². The van der Waals surface area contributed by atoms with Crippen molar-refractivity contribution in [2.75, 3.05) is 13.7 Å². The topological polar surface area (TPSA) is 92.7 Å². The summed E-state index contributed by atoms with van der Waals surface area (Å²) in [7, 11) is -2.51. The van der Waals surface area contributed by atoms with Gasteiger partial charge in [-0.1, -0.05) is 29.8 Å². The van der Waals surface area contributed by atoms with Crippen molar-refractivity contribution in [2.45, 2.75) is 30.1 Å². The molecule has 0 unspecified atom stereocenters. The van der Waals surface area contributed by atoms with Crippen LogP contribution < -0.4 is 9.84 Å². The number of aryl methyl sites for hydroxylation is 1. The maximum atomic E-state index is 12.4. The number of hydrogen-bond donors (Lipinski definition) is 0. The number of carbonyl (C=O) groups is 1. The van der Waals surface area contributed by atoms with Crippen molar-refractivity contribution < 1.29 is 27.2 Å². The van der Waals surface area contributed by atoms with Crippen LogP contribution in [0.4, 0.5) is 0 Å². The third-order valence-corrected chi connectivity index (χ3v) is 5.94. The summed E-state index contributed by atoms with van der Waals surface area (Å²) in [5.41, 5.74) is 0.944. The number of carboxylic acids is 1. The zero-order valence-corrected chi connectivity index (χ0v) is 15.3. The number of para-hydroxylation sites is 1. The predicted molar refractivity (Wildman–Crippen MR) is 92.6 cm³/mol. The quantitative estimate of drug-likeness (QED) is 0.685. The average Bonchev–Trinajstić information content (AvgIpc) is 3.41. The highest BCUT2D eigenvalue weighted by atomic mass is 32.2. The van der Waals surface area contributed by atoms with Crippen molar-refractivity contribution in [1.29, 1.82) is 0 Å². The summed E-state index contributed by atoms with van der Waals surface area (Å²) >= 11 is 0. The molecule has 0 spiro atoms. The minimum absolute atomic E-state index is 0.0577. The van der Waals surface area contributed by atoms with Gasteiger partial charge in [0.15, 0.2) is 0 Å². The third-order valence-electron chi connectivity index (χ3n) is 4.66. The van der Waals surface area contributed by atoms with Crippen LogP contribution in [0, 0.1) is 6.92 Å². The van der Waals surface area contributed by atoms with E-state index in [1.165, 1.54) is 25.3 Å². The van der Waals surface area contributed by atoms with E-state index >= 15 is 0 Å². The maximum Gasteiger partial charge on any atom is 0.297 e. The second-order valence-corrected chi connectivity index (χ2v) is 8.10. The number of methoxy groups -OCH3 is 1. The number of hydrogen-bond acceptors (Lipinski definition) is 6. The standard InChI is InChI=1S/C19H20O6S/c1-13-6-8-14(9-7-13)26(22,23)25-12-19(10-11-19)16-5-3-4-15(18(20)21)17(16)24-2/h3-9H,10-12H2,1-2H3,(H,20,21)/p-1. The number of aromatic carboxylic acids is 1. The van der Waals surface area contributed by atoms with Crippen molar-refractivity contribution >= 4 is 16.1 Å². The first-order chi connectivity index (χ1) is 12.3. The van der Waals surface area contributed by atoms with Gasteiger partial charge in [-0.05, 0) is 38.0 Å². The molecule has 2 aromatic rings. The van der Waals surface area contributed by atoms with Gasteiger partial charge in [0.05, 0.1) is 24.6 Å². The number of rotatable bonds is 7. The van der Waals surface area contributed by atoms with Gasteiger partial charge in [-0.3, -0.25) is 4.18 Å². The summed E-state index contributed by atoms with van der Waals surface area (Å²) in [6.07, 6.45) is 1.37. The summed E-state index contributed by atoms with van der Waals surface area (Å²) in [6, 6.07) is 11.1. The minimum atomic E-state index is -3.89. The zero-order chi connectivity index (χ0) is 18.9. The molecule has 0 aromatic heterocycles. The van der Waals surface area contributed by atoms with Gasteiger partial charge in [-0.15, -0.1) is 0 Å². The molecule has 6 nitrogen and oxygen atoms in total. The Balaban J connectivity index is 1.86. The van der Waals surface area contributed by atoms with E-state index in [2.05, 4.69) is 0 Å². The Morgan fingerprint density at radius 2 is 1.81 bits per heavy atom. The number of benzene rings is 2. The molecule has 0 radical (unpaired) electrons. The van der Waals surface area contributed by atoms with Crippen LogP contribution >= 0.6 is 0 Å². The van der Waals surface area contributed by atoms with Crippen LogP contribution in [0.2, 0.25) is 0 Å². The van der Waals surface area contributed by atoms with E-state index in [0.29, 0.717) is 18.4 Å². The largest absolute Gasteiger partial charge is 0.545 e. The maximum absolute atomic E-state index is 12.4. The second kappa shape index (κ2) is 6.74. The monoisotopic (exact) mass is 375 g/mol. The Kier molecular flexibility index (Phi) is 4.77. The molecule has 0 saturated heterocycles. The molecular formula is C19H19O6S-.